The van der Waals surface area contributed by atoms with Gasteiger partial charge in [-0.15, -0.1) is 34.0 Å². The van der Waals surface area contributed by atoms with Crippen molar-refractivity contribution < 1.29 is 18.9 Å². The number of aromatic nitrogens is 2. The van der Waals surface area contributed by atoms with Crippen molar-refractivity contribution in [2.45, 2.75) is 155 Å². The van der Waals surface area contributed by atoms with Gasteiger partial charge in [0, 0.05) is 36.0 Å². The van der Waals surface area contributed by atoms with E-state index in [1.165, 1.54) is 189 Å². The second-order valence-electron chi connectivity index (χ2n) is 16.1. The molecule has 0 aliphatic heterocycles. The minimum Gasteiger partial charge on any atom is -0.493 e. The largest absolute Gasteiger partial charge is 0.493 e. The number of benzene rings is 2. The lowest BCUT2D eigenvalue weighted by Crippen LogP contribution is -1.99. The number of thiophene rings is 3. The van der Waals surface area contributed by atoms with Crippen LogP contribution in [0.4, 0.5) is 0 Å². The van der Waals surface area contributed by atoms with Crippen molar-refractivity contribution in [3.8, 4) is 23.0 Å². The molecule has 0 N–H and O–H groups in total. The molecule has 0 aliphatic carbocycles. The third-order valence-corrected chi connectivity index (χ3v) is 16.2. The van der Waals surface area contributed by atoms with E-state index in [0.29, 0.717) is 0 Å². The molecular weight excluding hydrogens is 765 g/mol. The maximum Gasteiger partial charge on any atom is 0.162 e. The van der Waals surface area contributed by atoms with E-state index in [0.717, 1.165) is 36.1 Å². The lowest BCUT2D eigenvalue weighted by atomic mass is 10.1. The first kappa shape index (κ1) is 42.0. The predicted molar refractivity (Wildman–Crippen MR) is 251 cm³/mol. The molecule has 0 fully saturated rings. The van der Waals surface area contributed by atoms with E-state index in [-0.39, 0.29) is 0 Å². The zero-order chi connectivity index (χ0) is 39.7. The number of hydrogen-bond acceptors (Lipinski definition) is 7. The number of nitrogens with zero attached hydrogens (tertiary/aromatic N) is 2. The molecule has 0 bridgehead atoms. The van der Waals surface area contributed by atoms with Gasteiger partial charge in [0.05, 0.1) is 78.7 Å². The highest BCUT2D eigenvalue weighted by molar-refractivity contribution is 7.43. The number of ether oxygens (including phenoxy) is 4. The lowest BCUT2D eigenvalue weighted by Gasteiger charge is -2.11. The van der Waals surface area contributed by atoms with Crippen molar-refractivity contribution in [1.82, 2.24) is 9.13 Å². The van der Waals surface area contributed by atoms with E-state index >= 15 is 0 Å². The molecule has 0 spiro atoms. The van der Waals surface area contributed by atoms with Gasteiger partial charge in [-0.05, 0) is 25.0 Å². The van der Waals surface area contributed by atoms with Crippen LogP contribution in [0.3, 0.4) is 0 Å². The van der Waals surface area contributed by atoms with Crippen LogP contribution in [0, 0.1) is 0 Å². The van der Waals surface area contributed by atoms with Crippen molar-refractivity contribution in [3.63, 3.8) is 0 Å². The van der Waals surface area contributed by atoms with E-state index in [1.807, 2.05) is 34.0 Å². The minimum absolute atomic E-state index is 0.795. The highest BCUT2D eigenvalue weighted by atomic mass is 32.1. The van der Waals surface area contributed by atoms with Crippen molar-refractivity contribution in [2.75, 3.05) is 28.4 Å². The second-order valence-corrected chi connectivity index (χ2v) is 19.2. The Morgan fingerprint density at radius 1 is 0.368 bits per heavy atom. The fourth-order valence-corrected chi connectivity index (χ4v) is 13.6. The first-order valence-corrected chi connectivity index (χ1v) is 24.6. The Morgan fingerprint density at radius 2 is 0.667 bits per heavy atom. The average Bonchev–Trinajstić information content (AvgIpc) is 4.01. The Morgan fingerprint density at radius 3 is 1.00 bits per heavy atom. The Kier molecular flexibility index (Phi) is 14.9. The van der Waals surface area contributed by atoms with Crippen LogP contribution in [0.1, 0.15) is 142 Å². The van der Waals surface area contributed by atoms with Crippen LogP contribution in [-0.2, 0) is 13.1 Å². The molecule has 5 aromatic heterocycles. The van der Waals surface area contributed by atoms with Crippen LogP contribution in [0.15, 0.2) is 24.3 Å². The summed E-state index contributed by atoms with van der Waals surface area (Å²) in [6.45, 7) is 6.62. The smallest absolute Gasteiger partial charge is 0.162 e. The molecule has 7 aromatic rings. The van der Waals surface area contributed by atoms with Crippen molar-refractivity contribution >= 4 is 95.0 Å². The number of hydrogen-bond donors (Lipinski definition) is 0. The maximum absolute atomic E-state index is 5.85. The monoisotopic (exact) mass is 830 g/mol. The number of unbranched alkanes of at least 4 members (excludes halogenated alkanes) is 18. The lowest BCUT2D eigenvalue weighted by molar-refractivity contribution is 0.355. The maximum atomic E-state index is 5.85. The zero-order valence-electron chi connectivity index (χ0n) is 35.6. The summed E-state index contributed by atoms with van der Waals surface area (Å²) >= 11 is 5.94. The van der Waals surface area contributed by atoms with Gasteiger partial charge in [-0.3, -0.25) is 0 Å². The van der Waals surface area contributed by atoms with Gasteiger partial charge in [0.15, 0.2) is 23.0 Å². The molecule has 0 radical (unpaired) electrons. The molecule has 0 saturated carbocycles. The summed E-state index contributed by atoms with van der Waals surface area (Å²) in [5.41, 5.74) is 5.28. The Bertz CT molecular complexity index is 2210. The average molecular weight is 831 g/mol. The van der Waals surface area contributed by atoms with E-state index < -0.39 is 0 Å². The normalized spacial score (nSPS) is 12.2. The van der Waals surface area contributed by atoms with Gasteiger partial charge in [0.25, 0.3) is 0 Å². The molecule has 0 atom stereocenters. The van der Waals surface area contributed by atoms with E-state index in [4.69, 9.17) is 18.9 Å². The molecule has 5 heterocycles. The van der Waals surface area contributed by atoms with Gasteiger partial charge in [0.1, 0.15) is 0 Å². The van der Waals surface area contributed by atoms with Crippen LogP contribution in [0.2, 0.25) is 0 Å². The van der Waals surface area contributed by atoms with Crippen LogP contribution in [-0.4, -0.2) is 37.6 Å². The molecular formula is C48H66N2O4S3. The fourth-order valence-electron chi connectivity index (χ4n) is 9.03. The molecule has 9 heteroatoms. The molecule has 57 heavy (non-hydrogen) atoms. The van der Waals surface area contributed by atoms with Crippen LogP contribution < -0.4 is 18.9 Å². The molecule has 0 unspecified atom stereocenters. The number of methoxy groups -OCH3 is 4. The Hall–Kier alpha value is -3.14. The summed E-state index contributed by atoms with van der Waals surface area (Å²) in [7, 11) is 6.99. The summed E-state index contributed by atoms with van der Waals surface area (Å²) in [5.74, 6) is 3.19. The van der Waals surface area contributed by atoms with Gasteiger partial charge < -0.3 is 28.1 Å². The van der Waals surface area contributed by atoms with E-state index in [1.54, 1.807) is 28.4 Å². The van der Waals surface area contributed by atoms with Crippen molar-refractivity contribution in [1.29, 1.82) is 0 Å². The topological polar surface area (TPSA) is 46.8 Å². The quantitative estimate of drug-likeness (QED) is 0.0510. The molecule has 6 nitrogen and oxygen atoms in total. The Balaban J connectivity index is 1.23. The third kappa shape index (κ3) is 8.77. The summed E-state index contributed by atoms with van der Waals surface area (Å²) in [4.78, 5) is 0. The highest BCUT2D eigenvalue weighted by Crippen LogP contribution is 2.55. The second kappa shape index (κ2) is 20.2. The molecule has 0 aliphatic rings. The summed E-state index contributed by atoms with van der Waals surface area (Å²) < 4.78 is 37.0. The van der Waals surface area contributed by atoms with Gasteiger partial charge in [-0.1, -0.05) is 129 Å². The molecule has 0 amide bonds. The predicted octanol–water partition coefficient (Wildman–Crippen LogP) is 16.3. The SMILES string of the molecule is CCCCCCCCCCCCn1c2cc(OC)c(OC)cc2c2sc3c4sc5c6cc(OC)c(OC)cc6n(CCCCCCCCCCCC)c5c4sc3c21. The van der Waals surface area contributed by atoms with Crippen molar-refractivity contribution in [3.05, 3.63) is 24.3 Å². The number of aryl methyl sites for hydroxylation is 2. The summed E-state index contributed by atoms with van der Waals surface area (Å²) in [6, 6.07) is 8.84. The minimum atomic E-state index is 0.795. The van der Waals surface area contributed by atoms with Gasteiger partial charge in [-0.2, -0.15) is 0 Å². The Labute approximate surface area is 352 Å². The summed E-state index contributed by atoms with van der Waals surface area (Å²) in [5, 5.41) is 2.54. The van der Waals surface area contributed by atoms with Crippen LogP contribution >= 0.6 is 34.0 Å². The number of fused-ring (bicyclic) bond motifs is 11. The van der Waals surface area contributed by atoms with Crippen molar-refractivity contribution in [2.24, 2.45) is 0 Å². The molecule has 2 aromatic carbocycles. The third-order valence-electron chi connectivity index (χ3n) is 12.2. The number of rotatable bonds is 26. The van der Waals surface area contributed by atoms with E-state index in [2.05, 4.69) is 47.2 Å². The molecule has 310 valence electrons. The standard InChI is InChI=1S/C48H66N2O4S3/c1-7-9-11-13-15-17-19-21-23-25-27-49-35-31-39(53-5)37(51-3)29-33(35)43-41(49)45-47(55-43)48-46(57-45)42-44(56-48)34-30-38(52-4)40(54-6)32-36(34)50(42)28-26-24-22-20-18-16-14-12-10-8-2/h29-32H,7-28H2,1-6H3. The first-order chi connectivity index (χ1) is 28.1. The van der Waals surface area contributed by atoms with Crippen LogP contribution in [0.25, 0.3) is 61.0 Å². The zero-order valence-corrected chi connectivity index (χ0v) is 38.1. The van der Waals surface area contributed by atoms with Gasteiger partial charge in [0.2, 0.25) is 0 Å². The van der Waals surface area contributed by atoms with Gasteiger partial charge in [-0.25, -0.2) is 0 Å². The first-order valence-electron chi connectivity index (χ1n) is 22.2. The highest BCUT2D eigenvalue weighted by Gasteiger charge is 2.26. The molecule has 0 saturated heterocycles. The van der Waals surface area contributed by atoms with E-state index in [9.17, 15) is 0 Å². The van der Waals surface area contributed by atoms with Crippen LogP contribution in [0.5, 0.6) is 23.0 Å². The fraction of sp³-hybridized carbons (Fsp3) is 0.583. The van der Waals surface area contributed by atoms with Gasteiger partial charge >= 0.3 is 0 Å². The molecule has 7 rings (SSSR count). The summed E-state index contributed by atoms with van der Waals surface area (Å²) in [6.07, 6.45) is 26.7.